The lowest BCUT2D eigenvalue weighted by molar-refractivity contribution is -0.136. The van der Waals surface area contributed by atoms with Crippen LogP contribution < -0.4 is 4.74 Å². The van der Waals surface area contributed by atoms with Gasteiger partial charge >= 0.3 is 0 Å². The lowest BCUT2D eigenvalue weighted by atomic mass is 10.1. The Kier molecular flexibility index (Phi) is 4.81. The fourth-order valence-electron chi connectivity index (χ4n) is 3.59. The number of carbonyl (C=O) groups excluding carboxylic acids is 1. The van der Waals surface area contributed by atoms with Gasteiger partial charge < -0.3 is 19.3 Å². The van der Waals surface area contributed by atoms with Gasteiger partial charge in [0, 0.05) is 25.6 Å². The summed E-state index contributed by atoms with van der Waals surface area (Å²) >= 11 is 0. The molecule has 2 aliphatic heterocycles. The third-order valence-corrected chi connectivity index (χ3v) is 4.78. The second kappa shape index (κ2) is 7.38. The number of ether oxygens (including phenoxy) is 2. The fourth-order valence-corrected chi connectivity index (χ4v) is 3.59. The van der Waals surface area contributed by atoms with Gasteiger partial charge in [-0.05, 0) is 41.7 Å². The molecule has 2 bridgehead atoms. The number of hydrogen-bond donors (Lipinski definition) is 0. The van der Waals surface area contributed by atoms with Crippen molar-refractivity contribution in [1.82, 2.24) is 30.0 Å². The molecule has 2 fully saturated rings. The highest BCUT2D eigenvalue weighted by molar-refractivity contribution is 5.78. The van der Waals surface area contributed by atoms with Crippen molar-refractivity contribution in [2.45, 2.75) is 6.04 Å². The van der Waals surface area contributed by atoms with Crippen molar-refractivity contribution in [2.24, 2.45) is 5.92 Å². The predicted molar refractivity (Wildman–Crippen MR) is 92.0 cm³/mol. The van der Waals surface area contributed by atoms with Crippen LogP contribution in [0.2, 0.25) is 0 Å². The third-order valence-electron chi connectivity index (χ3n) is 4.78. The standard InChI is InChI=1S/C17H22N6O3/c1-21-6-13-7-22(15(8-21)10-25-9-13)17(24)11-26-16-4-2-14(3-5-16)23-12-18-19-20-23/h2-5,12-13,15H,6-11H2,1H3/t13-,15-/m0/s1. The summed E-state index contributed by atoms with van der Waals surface area (Å²) in [6, 6.07) is 7.39. The van der Waals surface area contributed by atoms with Crippen LogP contribution in [0.1, 0.15) is 0 Å². The molecule has 0 radical (unpaired) electrons. The van der Waals surface area contributed by atoms with Gasteiger partial charge in [0.25, 0.3) is 5.91 Å². The zero-order valence-electron chi connectivity index (χ0n) is 14.7. The molecule has 138 valence electrons. The summed E-state index contributed by atoms with van der Waals surface area (Å²) in [6.45, 7) is 3.85. The first-order valence-corrected chi connectivity index (χ1v) is 8.71. The van der Waals surface area contributed by atoms with E-state index >= 15 is 0 Å². The zero-order valence-corrected chi connectivity index (χ0v) is 14.7. The van der Waals surface area contributed by atoms with Gasteiger partial charge in [-0.25, -0.2) is 4.68 Å². The minimum absolute atomic E-state index is 0.00496. The number of likely N-dealkylation sites (N-methyl/N-ethyl adjacent to an activating group) is 1. The van der Waals surface area contributed by atoms with Gasteiger partial charge in [0.15, 0.2) is 6.61 Å². The molecular formula is C17H22N6O3. The van der Waals surface area contributed by atoms with Gasteiger partial charge in [-0.2, -0.15) is 0 Å². The summed E-state index contributed by atoms with van der Waals surface area (Å²) in [4.78, 5) is 16.9. The molecule has 1 aromatic carbocycles. The molecule has 0 saturated carbocycles. The molecule has 1 aromatic heterocycles. The van der Waals surface area contributed by atoms with Crippen LogP contribution in [0.3, 0.4) is 0 Å². The van der Waals surface area contributed by atoms with E-state index in [1.54, 1.807) is 4.68 Å². The average Bonchev–Trinajstić information content (AvgIpc) is 3.03. The van der Waals surface area contributed by atoms with Crippen molar-refractivity contribution in [3.8, 4) is 11.4 Å². The van der Waals surface area contributed by atoms with Gasteiger partial charge in [-0.3, -0.25) is 4.79 Å². The molecule has 26 heavy (non-hydrogen) atoms. The molecule has 3 heterocycles. The molecule has 9 heteroatoms. The van der Waals surface area contributed by atoms with E-state index in [9.17, 15) is 4.79 Å². The highest BCUT2D eigenvalue weighted by atomic mass is 16.5. The number of tetrazole rings is 1. The second-order valence-electron chi connectivity index (χ2n) is 6.86. The molecule has 0 N–H and O–H groups in total. The number of nitrogens with zero attached hydrogens (tertiary/aromatic N) is 6. The molecule has 2 aromatic rings. The van der Waals surface area contributed by atoms with Crippen LogP contribution >= 0.6 is 0 Å². The number of amides is 1. The maximum atomic E-state index is 12.7. The first-order valence-electron chi connectivity index (χ1n) is 8.71. The minimum Gasteiger partial charge on any atom is -0.484 e. The topological polar surface area (TPSA) is 85.6 Å². The van der Waals surface area contributed by atoms with Crippen LogP contribution in [-0.2, 0) is 9.53 Å². The van der Waals surface area contributed by atoms with Crippen molar-refractivity contribution < 1.29 is 14.3 Å². The monoisotopic (exact) mass is 358 g/mol. The number of rotatable bonds is 4. The molecule has 0 spiro atoms. The quantitative estimate of drug-likeness (QED) is 0.750. The average molecular weight is 358 g/mol. The van der Waals surface area contributed by atoms with Crippen molar-refractivity contribution in [3.05, 3.63) is 30.6 Å². The Balaban J connectivity index is 1.37. The Hall–Kier alpha value is -2.52. The molecule has 0 aliphatic carbocycles. The lowest BCUT2D eigenvalue weighted by Gasteiger charge is -2.29. The lowest BCUT2D eigenvalue weighted by Crippen LogP contribution is -2.47. The van der Waals surface area contributed by atoms with Gasteiger partial charge in [0.1, 0.15) is 12.1 Å². The highest BCUT2D eigenvalue weighted by Gasteiger charge is 2.34. The fraction of sp³-hybridized carbons (Fsp3) is 0.529. The van der Waals surface area contributed by atoms with E-state index < -0.39 is 0 Å². The first kappa shape index (κ1) is 16.9. The Morgan fingerprint density at radius 1 is 1.23 bits per heavy atom. The molecule has 2 aliphatic rings. The molecule has 2 atom stereocenters. The summed E-state index contributed by atoms with van der Waals surface area (Å²) in [5.41, 5.74) is 0.829. The number of aromatic nitrogens is 4. The Morgan fingerprint density at radius 3 is 2.85 bits per heavy atom. The SMILES string of the molecule is CN1C[C@@H]2COC[C@H](C1)N(C(=O)COc1ccc(-n3cnnn3)cc1)C2. The largest absolute Gasteiger partial charge is 0.484 e. The van der Waals surface area contributed by atoms with Gasteiger partial charge in [0.2, 0.25) is 0 Å². The second-order valence-corrected chi connectivity index (χ2v) is 6.86. The van der Waals surface area contributed by atoms with E-state index in [2.05, 4.69) is 27.5 Å². The van der Waals surface area contributed by atoms with Crippen molar-refractivity contribution in [3.63, 3.8) is 0 Å². The van der Waals surface area contributed by atoms with Crippen molar-refractivity contribution in [2.75, 3.05) is 46.5 Å². The summed E-state index contributed by atoms with van der Waals surface area (Å²) in [6.07, 6.45) is 1.52. The van der Waals surface area contributed by atoms with Crippen molar-refractivity contribution >= 4 is 5.91 Å². The molecular weight excluding hydrogens is 336 g/mol. The summed E-state index contributed by atoms with van der Waals surface area (Å²) < 4.78 is 13.0. The smallest absolute Gasteiger partial charge is 0.260 e. The number of hydrogen-bond acceptors (Lipinski definition) is 7. The minimum atomic E-state index is 0.00496. The van der Waals surface area contributed by atoms with E-state index in [4.69, 9.17) is 9.47 Å². The van der Waals surface area contributed by atoms with E-state index in [0.717, 1.165) is 25.3 Å². The molecule has 4 rings (SSSR count). The summed E-state index contributed by atoms with van der Waals surface area (Å²) in [5, 5.41) is 11.1. The Bertz CT molecular complexity index is 735. The number of fused-ring (bicyclic) bond motifs is 3. The van der Waals surface area contributed by atoms with Gasteiger partial charge in [-0.1, -0.05) is 0 Å². The molecule has 0 unspecified atom stereocenters. The van der Waals surface area contributed by atoms with E-state index in [-0.39, 0.29) is 18.6 Å². The summed E-state index contributed by atoms with van der Waals surface area (Å²) in [5.74, 6) is 0.999. The van der Waals surface area contributed by atoms with Crippen LogP contribution in [0, 0.1) is 5.92 Å². The first-order chi connectivity index (χ1) is 12.7. The van der Waals surface area contributed by atoms with Crippen LogP contribution in [0.5, 0.6) is 5.75 Å². The van der Waals surface area contributed by atoms with E-state index in [1.165, 1.54) is 6.33 Å². The van der Waals surface area contributed by atoms with Gasteiger partial charge in [-0.15, -0.1) is 5.10 Å². The van der Waals surface area contributed by atoms with Crippen LogP contribution in [0.4, 0.5) is 0 Å². The zero-order chi connectivity index (χ0) is 17.9. The molecule has 9 nitrogen and oxygen atoms in total. The van der Waals surface area contributed by atoms with Gasteiger partial charge in [0.05, 0.1) is 24.9 Å². The van der Waals surface area contributed by atoms with E-state index in [1.807, 2.05) is 29.2 Å². The number of benzene rings is 1. The van der Waals surface area contributed by atoms with Crippen LogP contribution in [0.25, 0.3) is 5.69 Å². The van der Waals surface area contributed by atoms with E-state index in [0.29, 0.717) is 24.9 Å². The molecule has 2 saturated heterocycles. The Morgan fingerprint density at radius 2 is 2.08 bits per heavy atom. The Labute approximate surface area is 151 Å². The maximum Gasteiger partial charge on any atom is 0.260 e. The molecule has 1 amide bonds. The normalized spacial score (nSPS) is 23.5. The van der Waals surface area contributed by atoms with Crippen LogP contribution in [-0.4, -0.2) is 88.5 Å². The maximum absolute atomic E-state index is 12.7. The predicted octanol–water partition coefficient (Wildman–Crippen LogP) is -0.170. The highest BCUT2D eigenvalue weighted by Crippen LogP contribution is 2.20. The van der Waals surface area contributed by atoms with Crippen LogP contribution in [0.15, 0.2) is 30.6 Å². The number of carbonyl (C=O) groups is 1. The third kappa shape index (κ3) is 3.68. The summed E-state index contributed by atoms with van der Waals surface area (Å²) in [7, 11) is 2.10. The van der Waals surface area contributed by atoms with Crippen molar-refractivity contribution in [1.29, 1.82) is 0 Å².